The summed E-state index contributed by atoms with van der Waals surface area (Å²) < 4.78 is 80.1. The van der Waals surface area contributed by atoms with E-state index in [1.165, 1.54) is 13.8 Å². The monoisotopic (exact) mass is 370 g/mol. The van der Waals surface area contributed by atoms with Crippen molar-refractivity contribution in [2.24, 2.45) is 0 Å². The average molecular weight is 370 g/mol. The second-order valence-corrected chi connectivity index (χ2v) is 5.78. The number of anilines is 1. The number of urea groups is 1. The molecule has 0 spiro atoms. The van der Waals surface area contributed by atoms with Gasteiger partial charge in [-0.15, -0.1) is 0 Å². The first-order valence-electron chi connectivity index (χ1n) is 6.80. The maximum atomic E-state index is 13.1. The minimum absolute atomic E-state index is 0.393. The van der Waals surface area contributed by atoms with Crippen molar-refractivity contribution in [1.82, 2.24) is 5.32 Å². The molecule has 1 fully saturated rings. The number of rotatable bonds is 3. The Morgan fingerprint density at radius 3 is 2.16 bits per heavy atom. The molecule has 0 bridgehead atoms. The second kappa shape index (κ2) is 5.81. The van der Waals surface area contributed by atoms with E-state index in [4.69, 9.17) is 0 Å². The van der Waals surface area contributed by atoms with Crippen molar-refractivity contribution in [2.45, 2.75) is 31.7 Å². The van der Waals surface area contributed by atoms with Gasteiger partial charge in [0.2, 0.25) is 0 Å². The van der Waals surface area contributed by atoms with E-state index in [0.717, 1.165) is 6.07 Å². The lowest BCUT2D eigenvalue weighted by molar-refractivity contribution is -0.158. The SMILES string of the molecule is CC1(C)NC(=O)N(c2ccc(OCC(F)(F)F)c(C(F)(F)F)c2)C1=O. The zero-order valence-corrected chi connectivity index (χ0v) is 12.9. The fourth-order valence-corrected chi connectivity index (χ4v) is 2.15. The molecule has 1 heterocycles. The maximum absolute atomic E-state index is 13.1. The van der Waals surface area contributed by atoms with Crippen LogP contribution in [0.25, 0.3) is 0 Å². The highest BCUT2D eigenvalue weighted by Crippen LogP contribution is 2.40. The topological polar surface area (TPSA) is 58.6 Å². The van der Waals surface area contributed by atoms with Gasteiger partial charge >= 0.3 is 18.4 Å². The summed E-state index contributed by atoms with van der Waals surface area (Å²) in [6.07, 6.45) is -9.87. The molecule has 1 aliphatic heterocycles. The Labute approximate surface area is 137 Å². The highest BCUT2D eigenvalue weighted by atomic mass is 19.4. The first-order chi connectivity index (χ1) is 11.2. The number of amides is 3. The van der Waals surface area contributed by atoms with Crippen molar-refractivity contribution in [1.29, 1.82) is 0 Å². The van der Waals surface area contributed by atoms with Crippen molar-refractivity contribution in [3.8, 4) is 5.75 Å². The third kappa shape index (κ3) is 3.97. The number of hydrogen-bond acceptors (Lipinski definition) is 3. The summed E-state index contributed by atoms with van der Waals surface area (Å²) in [5.74, 6) is -1.85. The third-order valence-corrected chi connectivity index (χ3v) is 3.28. The van der Waals surface area contributed by atoms with E-state index in [-0.39, 0.29) is 0 Å². The van der Waals surface area contributed by atoms with Crippen LogP contribution in [0.3, 0.4) is 0 Å². The van der Waals surface area contributed by atoms with Gasteiger partial charge in [-0.3, -0.25) is 4.79 Å². The van der Waals surface area contributed by atoms with Crippen molar-refractivity contribution in [3.05, 3.63) is 23.8 Å². The van der Waals surface area contributed by atoms with E-state index in [1.807, 2.05) is 0 Å². The molecule has 25 heavy (non-hydrogen) atoms. The van der Waals surface area contributed by atoms with Gasteiger partial charge in [0, 0.05) is 0 Å². The molecule has 2 rings (SSSR count). The maximum Gasteiger partial charge on any atom is 0.422 e. The van der Waals surface area contributed by atoms with Gasteiger partial charge in [-0.25, -0.2) is 9.69 Å². The minimum Gasteiger partial charge on any atom is -0.483 e. The fourth-order valence-electron chi connectivity index (χ4n) is 2.15. The average Bonchev–Trinajstić information content (AvgIpc) is 2.63. The van der Waals surface area contributed by atoms with Crippen LogP contribution in [-0.2, 0) is 11.0 Å². The zero-order chi connectivity index (χ0) is 19.2. The molecule has 1 aliphatic rings. The van der Waals surface area contributed by atoms with Gasteiger partial charge in [-0.2, -0.15) is 26.3 Å². The Morgan fingerprint density at radius 1 is 1.12 bits per heavy atom. The number of alkyl halides is 6. The molecule has 0 radical (unpaired) electrons. The second-order valence-electron chi connectivity index (χ2n) is 5.78. The van der Waals surface area contributed by atoms with E-state index in [0.29, 0.717) is 17.0 Å². The number of halogens is 6. The Kier molecular flexibility index (Phi) is 4.39. The van der Waals surface area contributed by atoms with E-state index < -0.39 is 53.4 Å². The molecule has 1 saturated heterocycles. The van der Waals surface area contributed by atoms with Crippen molar-refractivity contribution >= 4 is 17.6 Å². The number of carbonyl (C=O) groups is 2. The van der Waals surface area contributed by atoms with Crippen LogP contribution in [0.1, 0.15) is 19.4 Å². The number of nitrogens with one attached hydrogen (secondary N) is 1. The van der Waals surface area contributed by atoms with E-state index in [2.05, 4.69) is 10.1 Å². The Balaban J connectivity index is 2.43. The van der Waals surface area contributed by atoms with Gasteiger partial charge in [0.05, 0.1) is 11.3 Å². The molecule has 1 N–H and O–H groups in total. The highest BCUT2D eigenvalue weighted by molar-refractivity contribution is 6.23. The Morgan fingerprint density at radius 2 is 1.72 bits per heavy atom. The molecule has 0 atom stereocenters. The zero-order valence-electron chi connectivity index (χ0n) is 12.9. The third-order valence-electron chi connectivity index (χ3n) is 3.28. The first-order valence-corrected chi connectivity index (χ1v) is 6.80. The molecule has 1 aromatic carbocycles. The van der Waals surface area contributed by atoms with Crippen LogP contribution in [0.15, 0.2) is 18.2 Å². The normalized spacial score (nSPS) is 17.7. The predicted octanol–water partition coefficient (Wildman–Crippen LogP) is 3.48. The largest absolute Gasteiger partial charge is 0.483 e. The molecule has 0 aliphatic carbocycles. The quantitative estimate of drug-likeness (QED) is 0.655. The van der Waals surface area contributed by atoms with Crippen LogP contribution in [-0.4, -0.2) is 30.3 Å². The van der Waals surface area contributed by atoms with E-state index in [1.54, 1.807) is 0 Å². The van der Waals surface area contributed by atoms with Crippen LogP contribution >= 0.6 is 0 Å². The van der Waals surface area contributed by atoms with Gasteiger partial charge in [0.1, 0.15) is 11.3 Å². The lowest BCUT2D eigenvalue weighted by Crippen LogP contribution is -2.40. The summed E-state index contributed by atoms with van der Waals surface area (Å²) in [6.45, 7) is 0.809. The minimum atomic E-state index is -5.05. The number of imide groups is 1. The Hall–Kier alpha value is -2.46. The smallest absolute Gasteiger partial charge is 0.422 e. The number of ether oxygens (including phenoxy) is 1. The molecule has 0 aromatic heterocycles. The lowest BCUT2D eigenvalue weighted by Gasteiger charge is -2.19. The molecule has 5 nitrogen and oxygen atoms in total. The van der Waals surface area contributed by atoms with E-state index in [9.17, 15) is 35.9 Å². The van der Waals surface area contributed by atoms with Gasteiger partial charge < -0.3 is 10.1 Å². The molecule has 0 saturated carbocycles. The summed E-state index contributed by atoms with van der Waals surface area (Å²) >= 11 is 0. The molecular weight excluding hydrogens is 358 g/mol. The molecule has 3 amide bonds. The van der Waals surface area contributed by atoms with Gasteiger partial charge in [0.15, 0.2) is 6.61 Å². The summed E-state index contributed by atoms with van der Waals surface area (Å²) in [7, 11) is 0. The van der Waals surface area contributed by atoms with Gasteiger partial charge in [-0.1, -0.05) is 0 Å². The molecular formula is C14H12F6N2O3. The van der Waals surface area contributed by atoms with Crippen molar-refractivity contribution < 1.29 is 40.7 Å². The summed E-state index contributed by atoms with van der Waals surface area (Å²) in [4.78, 5) is 24.4. The van der Waals surface area contributed by atoms with Crippen LogP contribution in [0.5, 0.6) is 5.75 Å². The molecule has 0 unspecified atom stereocenters. The first kappa shape index (κ1) is 18.9. The van der Waals surface area contributed by atoms with Gasteiger partial charge in [0.25, 0.3) is 5.91 Å². The van der Waals surface area contributed by atoms with Crippen LogP contribution in [0.2, 0.25) is 0 Å². The van der Waals surface area contributed by atoms with E-state index >= 15 is 0 Å². The summed E-state index contributed by atoms with van der Waals surface area (Å²) in [5.41, 5.74) is -3.28. The summed E-state index contributed by atoms with van der Waals surface area (Å²) in [5, 5.41) is 2.29. The number of nitrogens with zero attached hydrogens (tertiary/aromatic N) is 1. The standard InChI is InChI=1S/C14H12F6N2O3/c1-12(2)10(23)22(11(24)21-12)7-3-4-9(25-6-13(15,16)17)8(5-7)14(18,19)20/h3-5H,6H2,1-2H3,(H,21,24). The van der Waals surface area contributed by atoms with Crippen LogP contribution in [0.4, 0.5) is 36.8 Å². The fraction of sp³-hybridized carbons (Fsp3) is 0.429. The number of benzene rings is 1. The molecule has 1 aromatic rings. The highest BCUT2D eigenvalue weighted by Gasteiger charge is 2.46. The van der Waals surface area contributed by atoms with Crippen molar-refractivity contribution in [2.75, 3.05) is 11.5 Å². The van der Waals surface area contributed by atoms with Crippen LogP contribution in [0, 0.1) is 0 Å². The summed E-state index contributed by atoms with van der Waals surface area (Å²) in [6, 6.07) is 0.993. The molecule has 138 valence electrons. The predicted molar refractivity (Wildman–Crippen MR) is 73.1 cm³/mol. The Bertz CT molecular complexity index is 711. The van der Waals surface area contributed by atoms with Gasteiger partial charge in [-0.05, 0) is 32.0 Å². The molecule has 11 heteroatoms. The lowest BCUT2D eigenvalue weighted by atomic mass is 10.1. The number of carbonyl (C=O) groups excluding carboxylic acids is 2. The van der Waals surface area contributed by atoms with Crippen molar-refractivity contribution in [3.63, 3.8) is 0 Å². The van der Waals surface area contributed by atoms with Crippen LogP contribution < -0.4 is 15.0 Å². The number of hydrogen-bond donors (Lipinski definition) is 1.